The maximum absolute atomic E-state index is 12.0. The first-order valence-corrected chi connectivity index (χ1v) is 6.56. The van der Waals surface area contributed by atoms with Crippen LogP contribution in [0.1, 0.15) is 10.4 Å². The van der Waals surface area contributed by atoms with Gasteiger partial charge < -0.3 is 5.32 Å². The third kappa shape index (κ3) is 3.12. The molecular weight excluding hydrogens is 262 g/mol. The summed E-state index contributed by atoms with van der Waals surface area (Å²) in [5, 5.41) is 2.85. The van der Waals surface area contributed by atoms with Crippen LogP contribution >= 0.6 is 0 Å². The van der Waals surface area contributed by atoms with Crippen LogP contribution in [0.15, 0.2) is 73.2 Å². The van der Waals surface area contributed by atoms with Crippen molar-refractivity contribution >= 4 is 11.6 Å². The second-order valence-electron chi connectivity index (χ2n) is 4.48. The van der Waals surface area contributed by atoms with Gasteiger partial charge in [-0.25, -0.2) is 0 Å². The molecule has 4 nitrogen and oxygen atoms in total. The van der Waals surface area contributed by atoms with Gasteiger partial charge in [-0.1, -0.05) is 18.2 Å². The first-order valence-electron chi connectivity index (χ1n) is 6.56. The number of hydrogen-bond donors (Lipinski definition) is 1. The smallest absolute Gasteiger partial charge is 0.255 e. The molecule has 0 radical (unpaired) electrons. The second kappa shape index (κ2) is 5.96. The van der Waals surface area contributed by atoms with Crippen molar-refractivity contribution in [3.63, 3.8) is 0 Å². The number of aromatic nitrogens is 2. The van der Waals surface area contributed by atoms with E-state index in [2.05, 4.69) is 15.3 Å². The van der Waals surface area contributed by atoms with Crippen molar-refractivity contribution in [3.05, 3.63) is 78.8 Å². The van der Waals surface area contributed by atoms with Crippen molar-refractivity contribution in [2.24, 2.45) is 0 Å². The molecule has 0 aliphatic heterocycles. The molecule has 102 valence electrons. The van der Waals surface area contributed by atoms with Crippen LogP contribution in [-0.2, 0) is 0 Å². The van der Waals surface area contributed by atoms with E-state index in [0.717, 1.165) is 16.9 Å². The molecule has 0 aliphatic rings. The van der Waals surface area contributed by atoms with Crippen molar-refractivity contribution in [2.45, 2.75) is 0 Å². The second-order valence-corrected chi connectivity index (χ2v) is 4.48. The lowest BCUT2D eigenvalue weighted by Crippen LogP contribution is -2.11. The monoisotopic (exact) mass is 275 g/mol. The normalized spacial score (nSPS) is 10.1. The van der Waals surface area contributed by atoms with Gasteiger partial charge in [0, 0.05) is 35.4 Å². The Hall–Kier alpha value is -3.01. The quantitative estimate of drug-likeness (QED) is 0.797. The van der Waals surface area contributed by atoms with Crippen LogP contribution in [0.2, 0.25) is 0 Å². The molecule has 21 heavy (non-hydrogen) atoms. The summed E-state index contributed by atoms with van der Waals surface area (Å²) in [5.74, 6) is -0.150. The summed E-state index contributed by atoms with van der Waals surface area (Å²) in [6.45, 7) is 0. The van der Waals surface area contributed by atoms with Gasteiger partial charge in [0.2, 0.25) is 0 Å². The van der Waals surface area contributed by atoms with Crippen molar-refractivity contribution in [1.82, 2.24) is 9.97 Å². The number of carbonyl (C=O) groups excluding carboxylic acids is 1. The number of pyridine rings is 2. The Morgan fingerprint density at radius 1 is 0.857 bits per heavy atom. The van der Waals surface area contributed by atoms with Gasteiger partial charge in [0.25, 0.3) is 5.91 Å². The Kier molecular flexibility index (Phi) is 3.69. The molecule has 1 amide bonds. The highest BCUT2D eigenvalue weighted by Crippen LogP contribution is 2.19. The number of benzene rings is 1. The highest BCUT2D eigenvalue weighted by atomic mass is 16.1. The Labute approximate surface area is 122 Å². The van der Waals surface area contributed by atoms with E-state index in [9.17, 15) is 4.79 Å². The van der Waals surface area contributed by atoms with Gasteiger partial charge in [-0.2, -0.15) is 0 Å². The van der Waals surface area contributed by atoms with E-state index in [4.69, 9.17) is 0 Å². The van der Waals surface area contributed by atoms with Gasteiger partial charge in [-0.3, -0.25) is 14.8 Å². The summed E-state index contributed by atoms with van der Waals surface area (Å²) in [5.41, 5.74) is 3.25. The van der Waals surface area contributed by atoms with Crippen molar-refractivity contribution in [3.8, 4) is 11.3 Å². The highest BCUT2D eigenvalue weighted by Gasteiger charge is 2.05. The van der Waals surface area contributed by atoms with E-state index in [0.29, 0.717) is 5.56 Å². The van der Waals surface area contributed by atoms with E-state index in [-0.39, 0.29) is 5.91 Å². The first kappa shape index (κ1) is 13.0. The predicted octanol–water partition coefficient (Wildman–Crippen LogP) is 3.40. The molecule has 0 bridgehead atoms. The summed E-state index contributed by atoms with van der Waals surface area (Å²) in [6, 6.07) is 16.7. The Morgan fingerprint density at radius 2 is 1.62 bits per heavy atom. The van der Waals surface area contributed by atoms with Gasteiger partial charge >= 0.3 is 0 Å². The zero-order chi connectivity index (χ0) is 14.5. The molecular formula is C17H13N3O. The molecule has 0 spiro atoms. The van der Waals surface area contributed by atoms with Gasteiger partial charge in [-0.05, 0) is 36.4 Å². The number of nitrogens with one attached hydrogen (secondary N) is 1. The van der Waals surface area contributed by atoms with Crippen LogP contribution < -0.4 is 5.32 Å². The van der Waals surface area contributed by atoms with E-state index >= 15 is 0 Å². The average Bonchev–Trinajstić information content (AvgIpc) is 2.57. The molecule has 1 N–H and O–H groups in total. The van der Waals surface area contributed by atoms with Gasteiger partial charge in [-0.15, -0.1) is 0 Å². The zero-order valence-corrected chi connectivity index (χ0v) is 11.2. The molecule has 0 saturated carbocycles. The van der Waals surface area contributed by atoms with E-state index in [1.54, 1.807) is 30.7 Å². The number of hydrogen-bond acceptors (Lipinski definition) is 3. The summed E-state index contributed by atoms with van der Waals surface area (Å²) < 4.78 is 0. The van der Waals surface area contributed by atoms with Crippen molar-refractivity contribution in [2.75, 3.05) is 5.32 Å². The molecule has 0 aliphatic carbocycles. The topological polar surface area (TPSA) is 54.9 Å². The van der Waals surface area contributed by atoms with Crippen LogP contribution in [0.3, 0.4) is 0 Å². The zero-order valence-electron chi connectivity index (χ0n) is 11.2. The average molecular weight is 275 g/mol. The van der Waals surface area contributed by atoms with E-state index in [1.165, 1.54) is 0 Å². The van der Waals surface area contributed by atoms with Crippen LogP contribution in [0, 0.1) is 0 Å². The van der Waals surface area contributed by atoms with E-state index < -0.39 is 0 Å². The van der Waals surface area contributed by atoms with Crippen molar-refractivity contribution < 1.29 is 4.79 Å². The lowest BCUT2D eigenvalue weighted by molar-refractivity contribution is 0.102. The molecule has 0 atom stereocenters. The van der Waals surface area contributed by atoms with Crippen molar-refractivity contribution in [1.29, 1.82) is 0 Å². The molecule has 0 saturated heterocycles. The van der Waals surface area contributed by atoms with Gasteiger partial charge in [0.1, 0.15) is 0 Å². The fourth-order valence-electron chi connectivity index (χ4n) is 1.96. The number of amides is 1. The number of anilines is 1. The van der Waals surface area contributed by atoms with Gasteiger partial charge in [0.05, 0.1) is 5.69 Å². The van der Waals surface area contributed by atoms with E-state index in [1.807, 2.05) is 42.5 Å². The number of nitrogens with zero attached hydrogens (tertiary/aromatic N) is 2. The SMILES string of the molecule is O=C(Nc1ccc(-c2ccccn2)cc1)c1ccncc1. The third-order valence-corrected chi connectivity index (χ3v) is 3.05. The molecule has 1 aromatic carbocycles. The van der Waals surface area contributed by atoms with Crippen LogP contribution in [0.5, 0.6) is 0 Å². The van der Waals surface area contributed by atoms with Crippen LogP contribution in [0.25, 0.3) is 11.3 Å². The molecule has 0 fully saturated rings. The molecule has 4 heteroatoms. The minimum absolute atomic E-state index is 0.150. The summed E-state index contributed by atoms with van der Waals surface area (Å²) >= 11 is 0. The lowest BCUT2D eigenvalue weighted by atomic mass is 10.1. The summed E-state index contributed by atoms with van der Waals surface area (Å²) in [7, 11) is 0. The maximum atomic E-state index is 12.0. The minimum Gasteiger partial charge on any atom is -0.322 e. The molecule has 3 rings (SSSR count). The van der Waals surface area contributed by atoms with Gasteiger partial charge in [0.15, 0.2) is 0 Å². The first-order chi connectivity index (χ1) is 10.3. The minimum atomic E-state index is -0.150. The fourth-order valence-corrected chi connectivity index (χ4v) is 1.96. The highest BCUT2D eigenvalue weighted by molar-refractivity contribution is 6.04. The lowest BCUT2D eigenvalue weighted by Gasteiger charge is -2.06. The summed E-state index contributed by atoms with van der Waals surface area (Å²) in [6.07, 6.45) is 4.95. The van der Waals surface area contributed by atoms with Crippen LogP contribution in [0.4, 0.5) is 5.69 Å². The fraction of sp³-hybridized carbons (Fsp3) is 0. The molecule has 2 aromatic heterocycles. The van der Waals surface area contributed by atoms with Crippen LogP contribution in [-0.4, -0.2) is 15.9 Å². The standard InChI is InChI=1S/C17H13N3O/c21-17(14-8-11-18-12-9-14)20-15-6-4-13(5-7-15)16-3-1-2-10-19-16/h1-12H,(H,20,21). The molecule has 0 unspecified atom stereocenters. The number of rotatable bonds is 3. The Bertz CT molecular complexity index is 725. The Morgan fingerprint density at radius 3 is 2.29 bits per heavy atom. The largest absolute Gasteiger partial charge is 0.322 e. The molecule has 2 heterocycles. The predicted molar refractivity (Wildman–Crippen MR) is 81.9 cm³/mol. The third-order valence-electron chi connectivity index (χ3n) is 3.05. The Balaban J connectivity index is 1.75. The maximum Gasteiger partial charge on any atom is 0.255 e. The number of carbonyl (C=O) groups is 1. The summed E-state index contributed by atoms with van der Waals surface area (Å²) in [4.78, 5) is 20.2. The molecule has 3 aromatic rings.